The molecule has 4 heteroatoms. The van der Waals surface area contributed by atoms with Gasteiger partial charge in [-0.2, -0.15) is 0 Å². The highest BCUT2D eigenvalue weighted by Crippen LogP contribution is 2.45. The molecule has 0 fully saturated rings. The van der Waals surface area contributed by atoms with E-state index in [0.717, 1.165) is 22.8 Å². The van der Waals surface area contributed by atoms with Gasteiger partial charge in [0.1, 0.15) is 0 Å². The Morgan fingerprint density at radius 3 is 2.29 bits per heavy atom. The third-order valence-electron chi connectivity index (χ3n) is 3.87. The maximum atomic E-state index is 5.54. The number of aromatic amines is 1. The van der Waals surface area contributed by atoms with Gasteiger partial charge in [0.2, 0.25) is 5.75 Å². The van der Waals surface area contributed by atoms with Crippen molar-refractivity contribution in [1.82, 2.24) is 4.98 Å². The van der Waals surface area contributed by atoms with Crippen LogP contribution in [0.1, 0.15) is 12.5 Å². The maximum absolute atomic E-state index is 5.54. The SMILES string of the molecule is CCc1ccc2[nH]c3c(OC)c(OC)c(OC)cc3c2c1. The van der Waals surface area contributed by atoms with Crippen molar-refractivity contribution in [3.05, 3.63) is 29.8 Å². The highest BCUT2D eigenvalue weighted by atomic mass is 16.5. The number of aryl methyl sites for hydroxylation is 1. The van der Waals surface area contributed by atoms with Crippen molar-refractivity contribution in [3.8, 4) is 17.2 Å². The lowest BCUT2D eigenvalue weighted by Gasteiger charge is -2.12. The average Bonchev–Trinajstić information content (AvgIpc) is 2.89. The van der Waals surface area contributed by atoms with Gasteiger partial charge in [-0.05, 0) is 30.2 Å². The fraction of sp³-hybridized carbons (Fsp3) is 0.294. The number of nitrogens with one attached hydrogen (secondary N) is 1. The van der Waals surface area contributed by atoms with E-state index in [1.165, 1.54) is 10.9 Å². The first-order valence-corrected chi connectivity index (χ1v) is 6.96. The molecule has 0 aliphatic carbocycles. The van der Waals surface area contributed by atoms with Gasteiger partial charge in [0.15, 0.2) is 11.5 Å². The molecule has 1 heterocycles. The monoisotopic (exact) mass is 285 g/mol. The Kier molecular flexibility index (Phi) is 3.37. The third kappa shape index (κ3) is 1.98. The van der Waals surface area contributed by atoms with E-state index in [1.807, 2.05) is 6.07 Å². The van der Waals surface area contributed by atoms with Crippen LogP contribution in [-0.4, -0.2) is 26.3 Å². The summed E-state index contributed by atoms with van der Waals surface area (Å²) in [5.74, 6) is 1.94. The zero-order valence-corrected chi connectivity index (χ0v) is 12.7. The van der Waals surface area contributed by atoms with Gasteiger partial charge in [0.05, 0.1) is 26.8 Å². The molecule has 0 aliphatic rings. The second kappa shape index (κ2) is 5.20. The van der Waals surface area contributed by atoms with Crippen LogP contribution in [0.15, 0.2) is 24.3 Å². The van der Waals surface area contributed by atoms with Crippen LogP contribution in [0.2, 0.25) is 0 Å². The van der Waals surface area contributed by atoms with E-state index < -0.39 is 0 Å². The van der Waals surface area contributed by atoms with E-state index in [4.69, 9.17) is 14.2 Å². The van der Waals surface area contributed by atoms with Gasteiger partial charge in [-0.1, -0.05) is 13.0 Å². The third-order valence-corrected chi connectivity index (χ3v) is 3.87. The molecule has 1 N–H and O–H groups in total. The lowest BCUT2D eigenvalue weighted by molar-refractivity contribution is 0.327. The molecule has 21 heavy (non-hydrogen) atoms. The van der Waals surface area contributed by atoms with Crippen LogP contribution >= 0.6 is 0 Å². The van der Waals surface area contributed by atoms with Gasteiger partial charge in [-0.25, -0.2) is 0 Å². The van der Waals surface area contributed by atoms with Crippen molar-refractivity contribution < 1.29 is 14.2 Å². The number of H-pyrrole nitrogens is 1. The molecule has 0 atom stereocenters. The summed E-state index contributed by atoms with van der Waals surface area (Å²) in [6, 6.07) is 8.44. The molecule has 4 nitrogen and oxygen atoms in total. The van der Waals surface area contributed by atoms with Gasteiger partial charge in [-0.3, -0.25) is 0 Å². The van der Waals surface area contributed by atoms with Crippen molar-refractivity contribution >= 4 is 21.8 Å². The molecule has 0 amide bonds. The van der Waals surface area contributed by atoms with Gasteiger partial charge in [0.25, 0.3) is 0 Å². The molecule has 3 aromatic rings. The van der Waals surface area contributed by atoms with Crippen LogP contribution < -0.4 is 14.2 Å². The Bertz CT molecular complexity index is 805. The maximum Gasteiger partial charge on any atom is 0.205 e. The van der Waals surface area contributed by atoms with Crippen LogP contribution in [0, 0.1) is 0 Å². The van der Waals surface area contributed by atoms with Crippen LogP contribution in [0.4, 0.5) is 0 Å². The number of benzene rings is 2. The average molecular weight is 285 g/mol. The number of hydrogen-bond acceptors (Lipinski definition) is 3. The Balaban J connectivity index is 2.44. The summed E-state index contributed by atoms with van der Waals surface area (Å²) >= 11 is 0. The van der Waals surface area contributed by atoms with Crippen LogP contribution in [0.25, 0.3) is 21.8 Å². The molecular formula is C17H19NO3. The first-order chi connectivity index (χ1) is 10.2. The highest BCUT2D eigenvalue weighted by molar-refractivity contribution is 6.11. The molecular weight excluding hydrogens is 266 g/mol. The van der Waals surface area contributed by atoms with E-state index in [0.29, 0.717) is 17.2 Å². The van der Waals surface area contributed by atoms with Gasteiger partial charge < -0.3 is 19.2 Å². The summed E-state index contributed by atoms with van der Waals surface area (Å²) in [6.45, 7) is 2.15. The first-order valence-electron chi connectivity index (χ1n) is 6.96. The molecule has 0 aliphatic heterocycles. The molecule has 0 saturated carbocycles. The van der Waals surface area contributed by atoms with E-state index in [2.05, 4.69) is 30.1 Å². The van der Waals surface area contributed by atoms with Crippen LogP contribution in [-0.2, 0) is 6.42 Å². The summed E-state index contributed by atoms with van der Waals surface area (Å²) in [5.41, 5.74) is 3.31. The van der Waals surface area contributed by atoms with E-state index in [1.54, 1.807) is 21.3 Å². The molecule has 0 saturated heterocycles. The predicted molar refractivity (Wildman–Crippen MR) is 84.8 cm³/mol. The molecule has 110 valence electrons. The van der Waals surface area contributed by atoms with Crippen molar-refractivity contribution in [3.63, 3.8) is 0 Å². The number of methoxy groups -OCH3 is 3. The number of ether oxygens (including phenoxy) is 3. The lowest BCUT2D eigenvalue weighted by Crippen LogP contribution is -1.95. The summed E-state index contributed by atoms with van der Waals surface area (Å²) in [5, 5.41) is 2.25. The standard InChI is InChI=1S/C17H19NO3/c1-5-10-6-7-13-11(8-10)12-9-14(19-2)16(20-3)17(21-4)15(12)18-13/h6-9,18H,5H2,1-4H3. The molecule has 0 spiro atoms. The van der Waals surface area contributed by atoms with Gasteiger partial charge >= 0.3 is 0 Å². The Morgan fingerprint density at radius 1 is 0.905 bits per heavy atom. The molecule has 2 aromatic carbocycles. The van der Waals surface area contributed by atoms with Crippen LogP contribution in [0.5, 0.6) is 17.2 Å². The summed E-state index contributed by atoms with van der Waals surface area (Å²) in [7, 11) is 4.89. The van der Waals surface area contributed by atoms with Crippen LogP contribution in [0.3, 0.4) is 0 Å². The molecule has 0 radical (unpaired) electrons. The zero-order valence-electron chi connectivity index (χ0n) is 12.7. The van der Waals surface area contributed by atoms with E-state index in [9.17, 15) is 0 Å². The van der Waals surface area contributed by atoms with E-state index in [-0.39, 0.29) is 0 Å². The number of fused-ring (bicyclic) bond motifs is 3. The summed E-state index contributed by atoms with van der Waals surface area (Å²) in [4.78, 5) is 3.41. The lowest BCUT2D eigenvalue weighted by atomic mass is 10.1. The molecule has 0 unspecified atom stereocenters. The second-order valence-electron chi connectivity index (χ2n) is 4.93. The fourth-order valence-electron chi connectivity index (χ4n) is 2.77. The largest absolute Gasteiger partial charge is 0.493 e. The Labute approximate surface area is 123 Å². The second-order valence-corrected chi connectivity index (χ2v) is 4.93. The highest BCUT2D eigenvalue weighted by Gasteiger charge is 2.19. The van der Waals surface area contributed by atoms with Gasteiger partial charge in [-0.15, -0.1) is 0 Å². The Morgan fingerprint density at radius 2 is 1.67 bits per heavy atom. The summed E-state index contributed by atoms with van der Waals surface area (Å²) in [6.07, 6.45) is 1.01. The molecule has 3 rings (SSSR count). The van der Waals surface area contributed by atoms with Crippen molar-refractivity contribution in [2.75, 3.05) is 21.3 Å². The van der Waals surface area contributed by atoms with Gasteiger partial charge in [0, 0.05) is 16.3 Å². The quantitative estimate of drug-likeness (QED) is 0.790. The predicted octanol–water partition coefficient (Wildman–Crippen LogP) is 3.91. The molecule has 1 aromatic heterocycles. The zero-order chi connectivity index (χ0) is 15.0. The van der Waals surface area contributed by atoms with Crippen molar-refractivity contribution in [1.29, 1.82) is 0 Å². The molecule has 0 bridgehead atoms. The minimum Gasteiger partial charge on any atom is -0.493 e. The van der Waals surface area contributed by atoms with E-state index >= 15 is 0 Å². The minimum absolute atomic E-state index is 0.606. The fourth-order valence-corrected chi connectivity index (χ4v) is 2.77. The minimum atomic E-state index is 0.606. The number of hydrogen-bond donors (Lipinski definition) is 1. The first kappa shape index (κ1) is 13.6. The van der Waals surface area contributed by atoms with Crippen molar-refractivity contribution in [2.24, 2.45) is 0 Å². The summed E-state index contributed by atoms with van der Waals surface area (Å²) < 4.78 is 16.4. The Hall–Kier alpha value is -2.36. The topological polar surface area (TPSA) is 43.5 Å². The number of rotatable bonds is 4. The smallest absolute Gasteiger partial charge is 0.205 e. The van der Waals surface area contributed by atoms with Crippen molar-refractivity contribution in [2.45, 2.75) is 13.3 Å². The normalized spacial score (nSPS) is 11.0. The number of aromatic nitrogens is 1.